The van der Waals surface area contributed by atoms with Gasteiger partial charge in [0.05, 0.1) is 0 Å². The Morgan fingerprint density at radius 3 is 2.65 bits per heavy atom. The van der Waals surface area contributed by atoms with Crippen LogP contribution in [0.25, 0.3) is 0 Å². The van der Waals surface area contributed by atoms with Crippen molar-refractivity contribution < 1.29 is 18.9 Å². The van der Waals surface area contributed by atoms with Crippen molar-refractivity contribution in [1.82, 2.24) is 0 Å². The highest BCUT2D eigenvalue weighted by molar-refractivity contribution is 9.10. The molecule has 5 nitrogen and oxygen atoms in total. The molecule has 0 aromatic heterocycles. The minimum atomic E-state index is -1.68. The lowest BCUT2D eigenvalue weighted by molar-refractivity contribution is -0.133. The third-order valence-electron chi connectivity index (χ3n) is 1.68. The number of anilines is 1. The second kappa shape index (κ2) is 6.51. The maximum absolute atomic E-state index is 11.4. The molecule has 17 heavy (non-hydrogen) atoms. The van der Waals surface area contributed by atoms with E-state index in [9.17, 15) is 13.8 Å². The Bertz CT molecular complexity index is 463. The number of carboxylic acids is 1. The molecule has 0 bridgehead atoms. The standard InChI is InChI=1S/C10H10BrNO4S/c11-7-2-1-3-8(4-7)12-9(13)5-17(16)6-10(14)15/h1-4H,5-6H2,(H,12,13)(H,14,15). The van der Waals surface area contributed by atoms with E-state index in [1.54, 1.807) is 24.3 Å². The Balaban J connectivity index is 2.50. The fraction of sp³-hybridized carbons (Fsp3) is 0.200. The molecular formula is C10H10BrNO4S. The number of carbonyl (C=O) groups is 2. The van der Waals surface area contributed by atoms with Gasteiger partial charge in [-0.1, -0.05) is 22.0 Å². The first kappa shape index (κ1) is 13.9. The van der Waals surface area contributed by atoms with Crippen LogP contribution in [0.15, 0.2) is 28.7 Å². The fourth-order valence-electron chi connectivity index (χ4n) is 1.10. The molecule has 0 spiro atoms. The van der Waals surface area contributed by atoms with E-state index in [1.165, 1.54) is 0 Å². The van der Waals surface area contributed by atoms with Crippen LogP contribution in [0.4, 0.5) is 5.69 Å². The van der Waals surface area contributed by atoms with Crippen molar-refractivity contribution in [2.45, 2.75) is 0 Å². The molecule has 92 valence electrons. The smallest absolute Gasteiger partial charge is 0.316 e. The predicted molar refractivity (Wildman–Crippen MR) is 68.3 cm³/mol. The van der Waals surface area contributed by atoms with Crippen LogP contribution >= 0.6 is 15.9 Å². The SMILES string of the molecule is O=C(O)CS(=O)CC(=O)Nc1cccc(Br)c1. The molecule has 1 unspecified atom stereocenters. The number of rotatable bonds is 5. The summed E-state index contributed by atoms with van der Waals surface area (Å²) in [7, 11) is -1.68. The lowest BCUT2D eigenvalue weighted by Crippen LogP contribution is -2.23. The lowest BCUT2D eigenvalue weighted by atomic mass is 10.3. The van der Waals surface area contributed by atoms with E-state index in [2.05, 4.69) is 21.2 Å². The average Bonchev–Trinajstić information content (AvgIpc) is 2.14. The Labute approximate surface area is 109 Å². The highest BCUT2D eigenvalue weighted by atomic mass is 79.9. The largest absolute Gasteiger partial charge is 0.481 e. The Kier molecular flexibility index (Phi) is 5.30. The molecule has 0 saturated carbocycles. The second-order valence-corrected chi connectivity index (χ2v) is 5.55. The summed E-state index contributed by atoms with van der Waals surface area (Å²) < 4.78 is 12.0. The highest BCUT2D eigenvalue weighted by Crippen LogP contribution is 2.15. The van der Waals surface area contributed by atoms with Crippen LogP contribution in [0.1, 0.15) is 0 Å². The first-order valence-electron chi connectivity index (χ1n) is 4.59. The summed E-state index contributed by atoms with van der Waals surface area (Å²) in [6.07, 6.45) is 0. The monoisotopic (exact) mass is 319 g/mol. The van der Waals surface area contributed by atoms with Crippen molar-refractivity contribution in [2.75, 3.05) is 16.8 Å². The first-order valence-corrected chi connectivity index (χ1v) is 6.87. The predicted octanol–water partition coefficient (Wildman–Crippen LogP) is 1.22. The number of carbonyl (C=O) groups excluding carboxylic acids is 1. The van der Waals surface area contributed by atoms with Gasteiger partial charge in [0.1, 0.15) is 11.5 Å². The summed E-state index contributed by atoms with van der Waals surface area (Å²) in [5.41, 5.74) is 0.566. The van der Waals surface area contributed by atoms with Crippen molar-refractivity contribution >= 4 is 44.3 Å². The zero-order valence-corrected chi connectivity index (χ0v) is 11.1. The van der Waals surface area contributed by atoms with Gasteiger partial charge in [0.25, 0.3) is 0 Å². The molecule has 0 aliphatic rings. The molecule has 2 N–H and O–H groups in total. The summed E-state index contributed by atoms with van der Waals surface area (Å²) in [5, 5.41) is 10.9. The molecule has 1 aromatic rings. The van der Waals surface area contributed by atoms with E-state index in [-0.39, 0.29) is 5.75 Å². The van der Waals surface area contributed by atoms with Crippen LogP contribution in [-0.2, 0) is 20.4 Å². The van der Waals surface area contributed by atoms with E-state index >= 15 is 0 Å². The molecule has 7 heteroatoms. The summed E-state index contributed by atoms with van der Waals surface area (Å²) >= 11 is 3.25. The van der Waals surface area contributed by atoms with E-state index in [0.29, 0.717) is 5.69 Å². The maximum atomic E-state index is 11.4. The molecule has 1 aromatic carbocycles. The maximum Gasteiger partial charge on any atom is 0.316 e. The normalized spacial score (nSPS) is 11.8. The number of amides is 1. The van der Waals surface area contributed by atoms with Crippen molar-refractivity contribution in [3.63, 3.8) is 0 Å². The molecule has 1 rings (SSSR count). The van der Waals surface area contributed by atoms with Crippen molar-refractivity contribution in [1.29, 1.82) is 0 Å². The molecule has 0 heterocycles. The fourth-order valence-corrected chi connectivity index (χ4v) is 2.24. The van der Waals surface area contributed by atoms with Crippen LogP contribution in [0.2, 0.25) is 0 Å². The van der Waals surface area contributed by atoms with E-state index in [4.69, 9.17) is 5.11 Å². The van der Waals surface area contributed by atoms with Crippen molar-refractivity contribution in [3.8, 4) is 0 Å². The van der Waals surface area contributed by atoms with E-state index in [1.807, 2.05) is 0 Å². The van der Waals surface area contributed by atoms with Crippen LogP contribution in [0, 0.1) is 0 Å². The number of hydrogen-bond donors (Lipinski definition) is 2. The zero-order valence-electron chi connectivity index (χ0n) is 8.68. The third kappa shape index (κ3) is 5.60. The molecule has 1 atom stereocenters. The van der Waals surface area contributed by atoms with Gasteiger partial charge in [0.2, 0.25) is 5.91 Å². The third-order valence-corrected chi connectivity index (χ3v) is 3.33. The Morgan fingerprint density at radius 2 is 2.06 bits per heavy atom. The minimum Gasteiger partial charge on any atom is -0.481 e. The summed E-state index contributed by atoms with van der Waals surface area (Å²) in [5.74, 6) is -2.49. The van der Waals surface area contributed by atoms with Gasteiger partial charge in [-0.05, 0) is 18.2 Å². The minimum absolute atomic E-state index is 0.321. The van der Waals surface area contributed by atoms with Crippen LogP contribution in [0.3, 0.4) is 0 Å². The molecule has 0 aliphatic carbocycles. The molecular weight excluding hydrogens is 310 g/mol. The molecule has 0 fully saturated rings. The molecule has 1 amide bonds. The number of hydrogen-bond acceptors (Lipinski definition) is 3. The Morgan fingerprint density at radius 1 is 1.35 bits per heavy atom. The highest BCUT2D eigenvalue weighted by Gasteiger charge is 2.11. The number of halogens is 1. The first-order chi connectivity index (χ1) is 7.97. The number of nitrogens with one attached hydrogen (secondary N) is 1. The quantitative estimate of drug-likeness (QED) is 0.854. The van der Waals surface area contributed by atoms with Crippen molar-refractivity contribution in [3.05, 3.63) is 28.7 Å². The van der Waals surface area contributed by atoms with Gasteiger partial charge < -0.3 is 10.4 Å². The van der Waals surface area contributed by atoms with Gasteiger partial charge in [0.15, 0.2) is 0 Å². The summed E-state index contributed by atoms with van der Waals surface area (Å²) in [6, 6.07) is 6.92. The van der Waals surface area contributed by atoms with Crippen LogP contribution in [0.5, 0.6) is 0 Å². The molecule has 0 radical (unpaired) electrons. The van der Waals surface area contributed by atoms with Gasteiger partial charge in [0, 0.05) is 21.0 Å². The summed E-state index contributed by atoms with van der Waals surface area (Å²) in [6.45, 7) is 0. The summed E-state index contributed by atoms with van der Waals surface area (Å²) in [4.78, 5) is 21.7. The Hall–Kier alpha value is -1.21. The van der Waals surface area contributed by atoms with Crippen molar-refractivity contribution in [2.24, 2.45) is 0 Å². The van der Waals surface area contributed by atoms with Gasteiger partial charge in [-0.25, -0.2) is 0 Å². The number of benzene rings is 1. The zero-order chi connectivity index (χ0) is 12.8. The lowest BCUT2D eigenvalue weighted by Gasteiger charge is -2.04. The number of aliphatic carboxylic acids is 1. The van der Waals surface area contributed by atoms with E-state index in [0.717, 1.165) is 4.47 Å². The average molecular weight is 320 g/mol. The topological polar surface area (TPSA) is 83.5 Å². The van der Waals surface area contributed by atoms with Gasteiger partial charge in [-0.3, -0.25) is 13.8 Å². The van der Waals surface area contributed by atoms with Gasteiger partial charge >= 0.3 is 5.97 Å². The molecule has 0 aliphatic heterocycles. The number of carboxylic acid groups (broad SMARTS) is 1. The van der Waals surface area contributed by atoms with E-state index < -0.39 is 28.4 Å². The molecule has 0 saturated heterocycles. The second-order valence-electron chi connectivity index (χ2n) is 3.18. The van der Waals surface area contributed by atoms with Gasteiger partial charge in [-0.15, -0.1) is 0 Å². The van der Waals surface area contributed by atoms with Gasteiger partial charge in [-0.2, -0.15) is 0 Å². The van der Waals surface area contributed by atoms with Crippen LogP contribution in [-0.4, -0.2) is 32.7 Å². The van der Waals surface area contributed by atoms with Crippen LogP contribution < -0.4 is 5.32 Å².